The maximum atomic E-state index is 13.5. The maximum Gasteiger partial charge on any atom is 0.335 e. The van der Waals surface area contributed by atoms with Crippen LogP contribution in [0.3, 0.4) is 0 Å². The summed E-state index contributed by atoms with van der Waals surface area (Å²) in [5.74, 6) is -5.07. The number of hydrogen-bond acceptors (Lipinski definition) is 1. The second kappa shape index (κ2) is 2.99. The summed E-state index contributed by atoms with van der Waals surface area (Å²) in [7, 11) is 0. The van der Waals surface area contributed by atoms with E-state index in [1.807, 2.05) is 0 Å². The van der Waals surface area contributed by atoms with Crippen LogP contribution in [0.4, 0.5) is 13.2 Å². The lowest BCUT2D eigenvalue weighted by Gasteiger charge is -2.11. The molecule has 1 saturated carbocycles. The lowest BCUT2D eigenvalue weighted by molar-refractivity contribution is 0.0696. The average molecular weight is 230 g/mol. The molecule has 1 aliphatic rings. The summed E-state index contributed by atoms with van der Waals surface area (Å²) in [6, 6.07) is 3.04. The van der Waals surface area contributed by atoms with Crippen molar-refractivity contribution in [3.8, 4) is 0 Å². The van der Waals surface area contributed by atoms with Crippen LogP contribution < -0.4 is 0 Å². The Morgan fingerprint density at radius 2 is 2.00 bits per heavy atom. The number of alkyl halides is 2. The highest BCUT2D eigenvalue weighted by Crippen LogP contribution is 2.61. The molecule has 16 heavy (non-hydrogen) atoms. The van der Waals surface area contributed by atoms with Gasteiger partial charge in [0.25, 0.3) is 5.92 Å². The van der Waals surface area contributed by atoms with Crippen molar-refractivity contribution >= 4 is 5.97 Å². The minimum Gasteiger partial charge on any atom is -0.478 e. The largest absolute Gasteiger partial charge is 0.478 e. The Labute approximate surface area is 89.7 Å². The lowest BCUT2D eigenvalue weighted by Crippen LogP contribution is -2.14. The van der Waals surface area contributed by atoms with Crippen molar-refractivity contribution < 1.29 is 23.1 Å². The number of carboxylic acids is 1. The van der Waals surface area contributed by atoms with Crippen molar-refractivity contribution in [1.29, 1.82) is 0 Å². The molecule has 0 heterocycles. The van der Waals surface area contributed by atoms with Gasteiger partial charge in [0.05, 0.1) is 11.0 Å². The Hall–Kier alpha value is -1.52. The maximum absolute atomic E-state index is 13.5. The minimum atomic E-state index is -2.90. The second-order valence-electron chi connectivity index (χ2n) is 4.21. The van der Waals surface area contributed by atoms with Crippen LogP contribution in [0.15, 0.2) is 18.2 Å². The van der Waals surface area contributed by atoms with Gasteiger partial charge in [0.2, 0.25) is 0 Å². The summed E-state index contributed by atoms with van der Waals surface area (Å²) in [5.41, 5.74) is -1.86. The number of halogens is 3. The van der Waals surface area contributed by atoms with Crippen molar-refractivity contribution in [3.05, 3.63) is 35.1 Å². The zero-order valence-electron chi connectivity index (χ0n) is 8.43. The standard InChI is InChI=1S/C11H9F3O2/c1-10(5-11(10,13)14)7-3-2-6(9(15)16)4-8(7)12/h2-4H,5H2,1H3,(H,15,16). The fourth-order valence-electron chi connectivity index (χ4n) is 1.79. The molecule has 0 saturated heterocycles. The summed E-state index contributed by atoms with van der Waals surface area (Å²) in [6.07, 6.45) is -0.399. The Morgan fingerprint density at radius 3 is 2.38 bits per heavy atom. The van der Waals surface area contributed by atoms with Crippen molar-refractivity contribution in [3.63, 3.8) is 0 Å². The highest BCUT2D eigenvalue weighted by molar-refractivity contribution is 5.87. The Morgan fingerprint density at radius 1 is 1.44 bits per heavy atom. The summed E-state index contributed by atoms with van der Waals surface area (Å²) in [4.78, 5) is 10.5. The Bertz CT molecular complexity index is 470. The van der Waals surface area contributed by atoms with Crippen molar-refractivity contribution in [2.45, 2.75) is 24.7 Å². The molecule has 0 radical (unpaired) electrons. The Kier molecular flexibility index (Phi) is 2.05. The molecule has 1 aromatic rings. The zero-order chi connectivity index (χ0) is 12.1. The van der Waals surface area contributed by atoms with E-state index in [0.29, 0.717) is 0 Å². The van der Waals surface area contributed by atoms with Crippen LogP contribution in [0.1, 0.15) is 29.3 Å². The third-order valence-corrected chi connectivity index (χ3v) is 3.07. The number of carboxylic acid groups (broad SMARTS) is 1. The first-order valence-electron chi connectivity index (χ1n) is 4.69. The Balaban J connectivity index is 2.42. The first kappa shape index (κ1) is 11.0. The normalized spacial score (nSPS) is 26.5. The van der Waals surface area contributed by atoms with Crippen LogP contribution in [0.5, 0.6) is 0 Å². The van der Waals surface area contributed by atoms with Gasteiger partial charge in [-0.2, -0.15) is 0 Å². The first-order chi connectivity index (χ1) is 7.28. The van der Waals surface area contributed by atoms with Gasteiger partial charge >= 0.3 is 5.97 Å². The molecule has 2 nitrogen and oxygen atoms in total. The van der Waals surface area contributed by atoms with Crippen LogP contribution >= 0.6 is 0 Å². The molecule has 0 bridgehead atoms. The third-order valence-electron chi connectivity index (χ3n) is 3.07. The van der Waals surface area contributed by atoms with Crippen molar-refractivity contribution in [2.75, 3.05) is 0 Å². The molecule has 1 aliphatic carbocycles. The van der Waals surface area contributed by atoms with Gasteiger partial charge in [-0.15, -0.1) is 0 Å². The number of hydrogen-bond donors (Lipinski definition) is 1. The molecule has 1 atom stereocenters. The van der Waals surface area contributed by atoms with Crippen LogP contribution in [0.25, 0.3) is 0 Å². The highest BCUT2D eigenvalue weighted by Gasteiger charge is 2.69. The third kappa shape index (κ3) is 1.38. The van der Waals surface area contributed by atoms with Crippen LogP contribution in [0.2, 0.25) is 0 Å². The van der Waals surface area contributed by atoms with Crippen LogP contribution in [0, 0.1) is 5.82 Å². The average Bonchev–Trinajstić information content (AvgIpc) is 2.66. The minimum absolute atomic E-state index is 0.123. The molecule has 1 aromatic carbocycles. The van der Waals surface area contributed by atoms with Crippen LogP contribution in [-0.4, -0.2) is 17.0 Å². The van der Waals surface area contributed by atoms with E-state index in [1.54, 1.807) is 0 Å². The molecule has 0 spiro atoms. The summed E-state index contributed by atoms with van der Waals surface area (Å²) < 4.78 is 39.5. The fraction of sp³-hybridized carbons (Fsp3) is 0.364. The topological polar surface area (TPSA) is 37.3 Å². The fourth-order valence-corrected chi connectivity index (χ4v) is 1.79. The van der Waals surface area contributed by atoms with Gasteiger partial charge in [0, 0.05) is 6.42 Å². The van der Waals surface area contributed by atoms with E-state index in [0.717, 1.165) is 18.2 Å². The van der Waals surface area contributed by atoms with Gasteiger partial charge in [0.15, 0.2) is 0 Å². The predicted molar refractivity (Wildman–Crippen MR) is 50.3 cm³/mol. The number of rotatable bonds is 2. The number of aromatic carboxylic acids is 1. The van der Waals surface area contributed by atoms with Gasteiger partial charge in [-0.05, 0) is 24.6 Å². The van der Waals surface area contributed by atoms with E-state index in [9.17, 15) is 18.0 Å². The quantitative estimate of drug-likeness (QED) is 0.848. The van der Waals surface area contributed by atoms with E-state index in [1.165, 1.54) is 6.92 Å². The van der Waals surface area contributed by atoms with Gasteiger partial charge in [0.1, 0.15) is 5.82 Å². The molecule has 0 amide bonds. The number of benzene rings is 1. The van der Waals surface area contributed by atoms with E-state index in [4.69, 9.17) is 5.11 Å². The van der Waals surface area contributed by atoms with Crippen molar-refractivity contribution in [2.24, 2.45) is 0 Å². The zero-order valence-corrected chi connectivity index (χ0v) is 8.43. The van der Waals surface area contributed by atoms with Gasteiger partial charge in [-0.3, -0.25) is 0 Å². The number of carbonyl (C=O) groups is 1. The van der Waals surface area contributed by atoms with E-state index in [-0.39, 0.29) is 11.1 Å². The van der Waals surface area contributed by atoms with Gasteiger partial charge < -0.3 is 5.11 Å². The molecule has 0 aliphatic heterocycles. The molecule has 2 rings (SSSR count). The second-order valence-corrected chi connectivity index (χ2v) is 4.21. The van der Waals surface area contributed by atoms with Gasteiger partial charge in [-0.25, -0.2) is 18.0 Å². The smallest absolute Gasteiger partial charge is 0.335 e. The first-order valence-corrected chi connectivity index (χ1v) is 4.69. The molecule has 1 N–H and O–H groups in total. The molecule has 86 valence electrons. The molecular formula is C11H9F3O2. The predicted octanol–water partition coefficient (Wildman–Crippen LogP) is 2.82. The lowest BCUT2D eigenvalue weighted by atomic mass is 9.96. The SMILES string of the molecule is CC1(c2ccc(C(=O)O)cc2F)CC1(F)F. The van der Waals surface area contributed by atoms with Crippen LogP contribution in [-0.2, 0) is 5.41 Å². The van der Waals surface area contributed by atoms with Gasteiger partial charge in [-0.1, -0.05) is 6.07 Å². The summed E-state index contributed by atoms with van der Waals surface area (Å²) >= 11 is 0. The monoisotopic (exact) mass is 230 g/mol. The molecule has 1 fully saturated rings. The molecule has 5 heteroatoms. The van der Waals surface area contributed by atoms with E-state index in [2.05, 4.69) is 0 Å². The summed E-state index contributed by atoms with van der Waals surface area (Å²) in [5, 5.41) is 8.61. The van der Waals surface area contributed by atoms with Crippen molar-refractivity contribution in [1.82, 2.24) is 0 Å². The van der Waals surface area contributed by atoms with E-state index >= 15 is 0 Å². The molecule has 1 unspecified atom stereocenters. The molecule has 0 aromatic heterocycles. The molecular weight excluding hydrogens is 221 g/mol. The van der Waals surface area contributed by atoms with E-state index < -0.39 is 29.5 Å². The summed E-state index contributed by atoms with van der Waals surface area (Å²) in [6.45, 7) is 1.27. The highest BCUT2D eigenvalue weighted by atomic mass is 19.3.